The van der Waals surface area contributed by atoms with Gasteiger partial charge in [-0.3, -0.25) is 21.2 Å². The second-order valence-corrected chi connectivity index (χ2v) is 6.07. The van der Waals surface area contributed by atoms with E-state index in [9.17, 15) is 0 Å². The predicted molar refractivity (Wildman–Crippen MR) is 83.2 cm³/mol. The van der Waals surface area contributed by atoms with E-state index in [1.54, 1.807) is 0 Å². The highest BCUT2D eigenvalue weighted by molar-refractivity contribution is 9.10. The number of halogens is 1. The van der Waals surface area contributed by atoms with Gasteiger partial charge in [-0.2, -0.15) is 0 Å². The molecule has 5 nitrogen and oxygen atoms in total. The number of hydrogen-bond donors (Lipinski definition) is 2. The minimum absolute atomic E-state index is 0.0864. The van der Waals surface area contributed by atoms with Crippen molar-refractivity contribution in [2.24, 2.45) is 5.84 Å². The maximum absolute atomic E-state index is 5.88. The van der Waals surface area contributed by atoms with Crippen molar-refractivity contribution < 1.29 is 4.74 Å². The molecule has 6 heteroatoms. The molecule has 1 aliphatic rings. The molecule has 0 aromatic carbocycles. The van der Waals surface area contributed by atoms with Crippen molar-refractivity contribution in [3.8, 4) is 0 Å². The van der Waals surface area contributed by atoms with Crippen molar-refractivity contribution in [3.05, 3.63) is 28.5 Å². The second kappa shape index (κ2) is 8.05. The first kappa shape index (κ1) is 15.9. The summed E-state index contributed by atoms with van der Waals surface area (Å²) in [6.07, 6.45) is 3.87. The van der Waals surface area contributed by atoms with Crippen LogP contribution in [0.1, 0.15) is 19.0 Å². The molecule has 0 radical (unpaired) electrons. The van der Waals surface area contributed by atoms with Gasteiger partial charge in [0.25, 0.3) is 0 Å². The van der Waals surface area contributed by atoms with E-state index in [2.05, 4.69) is 38.2 Å². The van der Waals surface area contributed by atoms with Gasteiger partial charge in [0.1, 0.15) is 0 Å². The molecule has 2 unspecified atom stereocenters. The summed E-state index contributed by atoms with van der Waals surface area (Å²) in [6.45, 7) is 6.04. The van der Waals surface area contributed by atoms with Gasteiger partial charge in [-0.05, 0) is 41.0 Å². The SMILES string of the molecule is CCCN1CCOC(C(Cc2ccc(Br)cn2)NN)C1. The van der Waals surface area contributed by atoms with Crippen LogP contribution in [0, 0.1) is 0 Å². The lowest BCUT2D eigenvalue weighted by Crippen LogP contribution is -2.55. The van der Waals surface area contributed by atoms with Crippen LogP contribution in [0.25, 0.3) is 0 Å². The zero-order valence-electron chi connectivity index (χ0n) is 11.9. The maximum atomic E-state index is 5.88. The monoisotopic (exact) mass is 342 g/mol. The zero-order chi connectivity index (χ0) is 14.4. The maximum Gasteiger partial charge on any atom is 0.0872 e. The third-order valence-corrected chi connectivity index (χ3v) is 4.07. The summed E-state index contributed by atoms with van der Waals surface area (Å²) in [7, 11) is 0. The fourth-order valence-electron chi connectivity index (χ4n) is 2.54. The molecular weight excluding hydrogens is 320 g/mol. The number of nitrogens with one attached hydrogen (secondary N) is 1. The summed E-state index contributed by atoms with van der Waals surface area (Å²) in [5.74, 6) is 5.72. The lowest BCUT2D eigenvalue weighted by atomic mass is 10.0. The Morgan fingerprint density at radius 3 is 3.10 bits per heavy atom. The molecule has 1 aliphatic heterocycles. The van der Waals surface area contributed by atoms with Crippen LogP contribution in [-0.4, -0.2) is 48.3 Å². The Kier molecular flexibility index (Phi) is 6.38. The minimum Gasteiger partial charge on any atom is -0.374 e. The van der Waals surface area contributed by atoms with Crippen molar-refractivity contribution in [1.82, 2.24) is 15.3 Å². The number of nitrogens with two attached hydrogens (primary N) is 1. The molecule has 1 aromatic rings. The summed E-state index contributed by atoms with van der Waals surface area (Å²) in [6, 6.07) is 4.10. The molecule has 2 rings (SSSR count). The molecule has 0 bridgehead atoms. The topological polar surface area (TPSA) is 63.4 Å². The van der Waals surface area contributed by atoms with Crippen LogP contribution in [-0.2, 0) is 11.2 Å². The lowest BCUT2D eigenvalue weighted by molar-refractivity contribution is -0.0463. The van der Waals surface area contributed by atoms with Gasteiger partial charge in [0.15, 0.2) is 0 Å². The van der Waals surface area contributed by atoms with Crippen molar-refractivity contribution >= 4 is 15.9 Å². The summed E-state index contributed by atoms with van der Waals surface area (Å²) >= 11 is 3.40. The van der Waals surface area contributed by atoms with Gasteiger partial charge < -0.3 is 4.74 Å². The summed E-state index contributed by atoms with van der Waals surface area (Å²) in [5, 5.41) is 0. The van der Waals surface area contributed by atoms with Crippen LogP contribution >= 0.6 is 15.9 Å². The van der Waals surface area contributed by atoms with Crippen molar-refractivity contribution in [2.75, 3.05) is 26.2 Å². The molecular formula is C14H23BrN4O. The number of hydrogen-bond acceptors (Lipinski definition) is 5. The quantitative estimate of drug-likeness (QED) is 0.603. The fraction of sp³-hybridized carbons (Fsp3) is 0.643. The molecule has 20 heavy (non-hydrogen) atoms. The molecule has 1 aromatic heterocycles. The first-order valence-corrected chi connectivity index (χ1v) is 7.92. The number of morpholine rings is 1. The van der Waals surface area contributed by atoms with Crippen molar-refractivity contribution in [3.63, 3.8) is 0 Å². The molecule has 0 aliphatic carbocycles. The van der Waals surface area contributed by atoms with Gasteiger partial charge >= 0.3 is 0 Å². The smallest absolute Gasteiger partial charge is 0.0872 e. The minimum atomic E-state index is 0.0864. The Morgan fingerprint density at radius 2 is 2.45 bits per heavy atom. The van der Waals surface area contributed by atoms with Gasteiger partial charge in [-0.25, -0.2) is 0 Å². The molecule has 2 heterocycles. The molecule has 2 atom stereocenters. The van der Waals surface area contributed by atoms with E-state index in [0.717, 1.165) is 42.8 Å². The van der Waals surface area contributed by atoms with Gasteiger partial charge in [-0.15, -0.1) is 0 Å². The molecule has 3 N–H and O–H groups in total. The highest BCUT2D eigenvalue weighted by atomic mass is 79.9. The summed E-state index contributed by atoms with van der Waals surface area (Å²) in [5.41, 5.74) is 3.91. The molecule has 0 spiro atoms. The highest BCUT2D eigenvalue weighted by Gasteiger charge is 2.27. The summed E-state index contributed by atoms with van der Waals surface area (Å²) < 4.78 is 6.87. The van der Waals surface area contributed by atoms with E-state index in [4.69, 9.17) is 10.6 Å². The van der Waals surface area contributed by atoms with Crippen LogP contribution < -0.4 is 11.3 Å². The molecule has 112 valence electrons. The Labute approximate surface area is 129 Å². The van der Waals surface area contributed by atoms with E-state index < -0.39 is 0 Å². The fourth-order valence-corrected chi connectivity index (χ4v) is 2.78. The first-order valence-electron chi connectivity index (χ1n) is 7.13. The van der Waals surface area contributed by atoms with Crippen LogP contribution in [0.4, 0.5) is 0 Å². The van der Waals surface area contributed by atoms with Crippen molar-refractivity contribution in [1.29, 1.82) is 0 Å². The number of aromatic nitrogens is 1. The lowest BCUT2D eigenvalue weighted by Gasteiger charge is -2.36. The standard InChI is InChI=1S/C14H23BrN4O/c1-2-5-19-6-7-20-14(10-19)13(18-16)8-12-4-3-11(15)9-17-12/h3-4,9,13-14,18H,2,5-8,10,16H2,1H3. The molecule has 1 fully saturated rings. The third-order valence-electron chi connectivity index (χ3n) is 3.60. The third kappa shape index (κ3) is 4.49. The van der Waals surface area contributed by atoms with Gasteiger partial charge in [0.2, 0.25) is 0 Å². The Bertz CT molecular complexity index is 399. The Balaban J connectivity index is 1.95. The number of pyridine rings is 1. The van der Waals surface area contributed by atoms with Gasteiger partial charge in [-0.1, -0.05) is 6.92 Å². The first-order chi connectivity index (χ1) is 9.72. The van der Waals surface area contributed by atoms with E-state index >= 15 is 0 Å². The van der Waals surface area contributed by atoms with E-state index in [-0.39, 0.29) is 12.1 Å². The van der Waals surface area contributed by atoms with Crippen molar-refractivity contribution in [2.45, 2.75) is 31.9 Å². The number of rotatable bonds is 6. The van der Waals surface area contributed by atoms with E-state index in [0.29, 0.717) is 0 Å². The number of hydrazine groups is 1. The highest BCUT2D eigenvalue weighted by Crippen LogP contribution is 2.14. The zero-order valence-corrected chi connectivity index (χ0v) is 13.5. The predicted octanol–water partition coefficient (Wildman–Crippen LogP) is 1.33. The van der Waals surface area contributed by atoms with Crippen LogP contribution in [0.5, 0.6) is 0 Å². The van der Waals surface area contributed by atoms with Crippen LogP contribution in [0.2, 0.25) is 0 Å². The van der Waals surface area contributed by atoms with E-state index in [1.807, 2.05) is 18.3 Å². The Morgan fingerprint density at radius 1 is 1.60 bits per heavy atom. The number of ether oxygens (including phenoxy) is 1. The Hall–Kier alpha value is -0.530. The molecule has 0 saturated carbocycles. The van der Waals surface area contributed by atoms with Crippen LogP contribution in [0.15, 0.2) is 22.8 Å². The van der Waals surface area contributed by atoms with Gasteiger partial charge in [0.05, 0.1) is 18.8 Å². The molecule has 0 amide bonds. The normalized spacial score (nSPS) is 21.9. The second-order valence-electron chi connectivity index (χ2n) is 5.15. The average molecular weight is 343 g/mol. The largest absolute Gasteiger partial charge is 0.374 e. The van der Waals surface area contributed by atoms with E-state index in [1.165, 1.54) is 6.42 Å². The average Bonchev–Trinajstić information content (AvgIpc) is 2.47. The van der Waals surface area contributed by atoms with Gasteiger partial charge in [0, 0.05) is 35.9 Å². The summed E-state index contributed by atoms with van der Waals surface area (Å²) in [4.78, 5) is 6.84. The number of nitrogens with zero attached hydrogens (tertiary/aromatic N) is 2. The molecule has 1 saturated heterocycles. The van der Waals surface area contributed by atoms with Crippen LogP contribution in [0.3, 0.4) is 0 Å².